The second kappa shape index (κ2) is 10.2. The molecule has 2 aromatic carbocycles. The van der Waals surface area contributed by atoms with E-state index in [0.29, 0.717) is 30.7 Å². The van der Waals surface area contributed by atoms with E-state index in [1.54, 1.807) is 11.8 Å². The van der Waals surface area contributed by atoms with Crippen molar-refractivity contribution in [3.05, 3.63) is 71.3 Å². The summed E-state index contributed by atoms with van der Waals surface area (Å²) in [5, 5.41) is 22.1. The van der Waals surface area contributed by atoms with Crippen LogP contribution in [0.25, 0.3) is 10.8 Å². The van der Waals surface area contributed by atoms with Crippen LogP contribution in [0.5, 0.6) is 0 Å². The number of nitrogens with zero attached hydrogens (tertiary/aromatic N) is 2. The number of carboxylic acids is 1. The number of likely N-dealkylation sites (tertiary alicyclic amines) is 1. The number of carboxylic acid groups (broad SMARTS) is 1. The molecule has 2 amide bonds. The Morgan fingerprint density at radius 2 is 2.00 bits per heavy atom. The first kappa shape index (κ1) is 25.4. The third-order valence-corrected chi connectivity index (χ3v) is 8.79. The van der Waals surface area contributed by atoms with Crippen LogP contribution in [0.3, 0.4) is 0 Å². The number of aliphatic hydroxyl groups is 1. The van der Waals surface area contributed by atoms with Crippen molar-refractivity contribution in [2.24, 2.45) is 5.92 Å². The molecule has 0 saturated carbocycles. The fourth-order valence-corrected chi connectivity index (χ4v) is 7.37. The van der Waals surface area contributed by atoms with Gasteiger partial charge in [-0.3, -0.25) is 4.79 Å². The highest BCUT2D eigenvalue weighted by atomic mass is 32.2. The number of thioether (sulfide) groups is 1. The minimum absolute atomic E-state index is 0.00943. The van der Waals surface area contributed by atoms with Crippen molar-refractivity contribution in [3.8, 4) is 0 Å². The summed E-state index contributed by atoms with van der Waals surface area (Å²) in [5.41, 5.74) is 1.14. The van der Waals surface area contributed by atoms with E-state index >= 15 is 0 Å². The van der Waals surface area contributed by atoms with Crippen molar-refractivity contribution >= 4 is 40.5 Å². The first-order valence-corrected chi connectivity index (χ1v) is 13.3. The van der Waals surface area contributed by atoms with Crippen molar-refractivity contribution in [1.29, 1.82) is 0 Å². The maximum absolute atomic E-state index is 13.0. The second-order valence-corrected chi connectivity index (χ2v) is 11.2. The van der Waals surface area contributed by atoms with Crippen LogP contribution in [0, 0.1) is 5.92 Å². The quantitative estimate of drug-likeness (QED) is 0.401. The molecular weight excluding hydrogens is 492 g/mol. The third-order valence-electron chi connectivity index (χ3n) is 7.47. The number of benzene rings is 2. The van der Waals surface area contributed by atoms with Gasteiger partial charge < -0.3 is 24.7 Å². The van der Waals surface area contributed by atoms with Gasteiger partial charge in [-0.2, -0.15) is 0 Å². The van der Waals surface area contributed by atoms with Crippen LogP contribution in [-0.4, -0.2) is 74.6 Å². The molecule has 0 aliphatic carbocycles. The zero-order valence-corrected chi connectivity index (χ0v) is 21.4. The summed E-state index contributed by atoms with van der Waals surface area (Å²) < 4.78 is 5.38. The van der Waals surface area contributed by atoms with Gasteiger partial charge in [0.25, 0.3) is 0 Å². The molecule has 0 aromatic heterocycles. The van der Waals surface area contributed by atoms with Crippen LogP contribution in [0.4, 0.5) is 4.79 Å². The smallest absolute Gasteiger partial charge is 0.410 e. The van der Waals surface area contributed by atoms with Gasteiger partial charge in [-0.25, -0.2) is 9.59 Å². The van der Waals surface area contributed by atoms with Gasteiger partial charge in [0.2, 0.25) is 5.91 Å². The molecule has 2 fully saturated rings. The van der Waals surface area contributed by atoms with E-state index < -0.39 is 24.1 Å². The molecular formula is C28H30N2O6S. The minimum Gasteiger partial charge on any atom is -0.477 e. The summed E-state index contributed by atoms with van der Waals surface area (Å²) in [6.07, 6.45) is 1.98. The lowest BCUT2D eigenvalue weighted by Crippen LogP contribution is -2.61. The van der Waals surface area contributed by atoms with Gasteiger partial charge in [0.1, 0.15) is 12.3 Å². The van der Waals surface area contributed by atoms with Gasteiger partial charge in [-0.1, -0.05) is 55.1 Å². The fraction of sp³-hybridized carbons (Fsp3) is 0.393. The molecule has 8 nitrogen and oxygen atoms in total. The van der Waals surface area contributed by atoms with E-state index in [4.69, 9.17) is 4.74 Å². The Kier molecular flexibility index (Phi) is 7.00. The maximum atomic E-state index is 13.0. The molecule has 2 saturated heterocycles. The van der Waals surface area contributed by atoms with Crippen LogP contribution >= 0.6 is 11.8 Å². The molecule has 3 heterocycles. The number of hydrogen-bond donors (Lipinski definition) is 2. The number of rotatable bonds is 8. The van der Waals surface area contributed by atoms with Crippen molar-refractivity contribution in [3.63, 3.8) is 0 Å². The molecule has 0 spiro atoms. The number of aliphatic hydroxyl groups excluding tert-OH is 1. The van der Waals surface area contributed by atoms with E-state index in [1.165, 1.54) is 22.7 Å². The zero-order chi connectivity index (χ0) is 26.3. The molecule has 0 bridgehead atoms. The lowest BCUT2D eigenvalue weighted by molar-refractivity contribution is -0.161. The van der Waals surface area contributed by atoms with Crippen LogP contribution in [0.2, 0.25) is 0 Å². The maximum Gasteiger partial charge on any atom is 0.410 e. The van der Waals surface area contributed by atoms with Crippen molar-refractivity contribution in [2.45, 2.75) is 49.6 Å². The number of fused-ring (bicyclic) bond motifs is 2. The Morgan fingerprint density at radius 1 is 1.24 bits per heavy atom. The monoisotopic (exact) mass is 522 g/mol. The largest absolute Gasteiger partial charge is 0.477 e. The average molecular weight is 523 g/mol. The molecule has 3 aliphatic heterocycles. The first-order valence-electron chi connectivity index (χ1n) is 12.4. The molecule has 2 aromatic rings. The van der Waals surface area contributed by atoms with Gasteiger partial charge in [0, 0.05) is 29.2 Å². The third kappa shape index (κ3) is 4.62. The van der Waals surface area contributed by atoms with E-state index in [-0.39, 0.29) is 35.5 Å². The Labute approximate surface area is 219 Å². The SMILES string of the molecule is C=CCOC(=O)N1C[C@@H](SC2=C(C(=O)O)N3C(=O)[C@H]([C@@H](C)O)[C@H]3C2)C[C@@H]1Cc1cccc2ccccc12. The van der Waals surface area contributed by atoms with Gasteiger partial charge in [-0.15, -0.1) is 11.8 Å². The van der Waals surface area contributed by atoms with Crippen LogP contribution < -0.4 is 0 Å². The number of ether oxygens (including phenoxy) is 1. The molecule has 0 unspecified atom stereocenters. The van der Waals surface area contributed by atoms with Crippen molar-refractivity contribution in [1.82, 2.24) is 9.80 Å². The van der Waals surface area contributed by atoms with E-state index in [1.807, 2.05) is 18.2 Å². The highest BCUT2D eigenvalue weighted by Gasteiger charge is 2.57. The summed E-state index contributed by atoms with van der Waals surface area (Å²) in [6, 6.07) is 13.8. The molecule has 5 rings (SSSR count). The normalized spacial score (nSPS) is 25.7. The molecule has 194 valence electrons. The van der Waals surface area contributed by atoms with Gasteiger partial charge in [0.05, 0.1) is 18.1 Å². The standard InChI is InChI=1S/C28H30N2O6S/c1-3-11-36-28(35)29-15-20(13-19(29)12-18-9-6-8-17-7-4-5-10-21(17)18)37-23-14-22-24(16(2)31)26(32)30(22)25(23)27(33)34/h3-10,16,19-20,22,24,31H,1,11-15H2,2H3,(H,33,34)/t16-,19+,20+,22-,24-/m1/s1. The highest BCUT2D eigenvalue weighted by Crippen LogP contribution is 2.49. The number of amides is 2. The fourth-order valence-electron chi connectivity index (χ4n) is 5.85. The van der Waals surface area contributed by atoms with Gasteiger partial charge in [-0.05, 0) is 36.1 Å². The Hall–Kier alpha value is -3.30. The summed E-state index contributed by atoms with van der Waals surface area (Å²) in [6.45, 7) is 5.70. The van der Waals surface area contributed by atoms with Crippen LogP contribution in [-0.2, 0) is 20.7 Å². The number of aliphatic carboxylic acids is 1. The molecule has 3 aliphatic rings. The highest BCUT2D eigenvalue weighted by molar-refractivity contribution is 8.03. The van der Waals surface area contributed by atoms with E-state index in [9.17, 15) is 24.6 Å². The summed E-state index contributed by atoms with van der Waals surface area (Å²) in [5.74, 6) is -2.07. The molecule has 5 atom stereocenters. The Balaban J connectivity index is 1.38. The lowest BCUT2D eigenvalue weighted by Gasteiger charge is -2.44. The molecule has 0 radical (unpaired) electrons. The predicted octanol–water partition coefficient (Wildman–Crippen LogP) is 3.79. The zero-order valence-electron chi connectivity index (χ0n) is 20.6. The Morgan fingerprint density at radius 3 is 2.73 bits per heavy atom. The second-order valence-electron chi connectivity index (χ2n) is 9.81. The first-order chi connectivity index (χ1) is 17.8. The summed E-state index contributed by atoms with van der Waals surface area (Å²) in [7, 11) is 0. The molecule has 2 N–H and O–H groups in total. The van der Waals surface area contributed by atoms with Crippen LogP contribution in [0.15, 0.2) is 65.7 Å². The van der Waals surface area contributed by atoms with Crippen molar-refractivity contribution < 1.29 is 29.3 Å². The number of β-lactam (4-membered cyclic amide) rings is 1. The summed E-state index contributed by atoms with van der Waals surface area (Å²) >= 11 is 1.43. The lowest BCUT2D eigenvalue weighted by atomic mass is 9.83. The predicted molar refractivity (Wildman–Crippen MR) is 141 cm³/mol. The summed E-state index contributed by atoms with van der Waals surface area (Å²) in [4.78, 5) is 41.3. The number of hydrogen-bond acceptors (Lipinski definition) is 6. The topological polar surface area (TPSA) is 107 Å². The average Bonchev–Trinajstić information content (AvgIpc) is 3.41. The van der Waals surface area contributed by atoms with Gasteiger partial charge >= 0.3 is 12.1 Å². The molecule has 9 heteroatoms. The number of carbonyl (C=O) groups excluding carboxylic acids is 2. The minimum atomic E-state index is -1.14. The Bertz CT molecular complexity index is 1290. The van der Waals surface area contributed by atoms with E-state index in [0.717, 1.165) is 16.3 Å². The molecule has 37 heavy (non-hydrogen) atoms. The van der Waals surface area contributed by atoms with Crippen molar-refractivity contribution in [2.75, 3.05) is 13.2 Å². The van der Waals surface area contributed by atoms with Crippen LogP contribution in [0.1, 0.15) is 25.3 Å². The number of carbonyl (C=O) groups is 3. The van der Waals surface area contributed by atoms with E-state index in [2.05, 4.69) is 30.8 Å². The van der Waals surface area contributed by atoms with Gasteiger partial charge in [0.15, 0.2) is 0 Å².